The van der Waals surface area contributed by atoms with E-state index >= 15 is 0 Å². The topological polar surface area (TPSA) is 56.1 Å². The van der Waals surface area contributed by atoms with Gasteiger partial charge in [0.15, 0.2) is 0 Å². The Balaban J connectivity index is 2.90. The third-order valence-electron chi connectivity index (χ3n) is 3.07. The molecule has 1 aromatic rings. The molecule has 1 heterocycles. The summed E-state index contributed by atoms with van der Waals surface area (Å²) < 4.78 is 7.49. The van der Waals surface area contributed by atoms with Crippen LogP contribution in [0, 0.1) is 5.92 Å². The first kappa shape index (κ1) is 17.2. The van der Waals surface area contributed by atoms with Crippen molar-refractivity contribution in [1.82, 2.24) is 9.78 Å². The van der Waals surface area contributed by atoms with Gasteiger partial charge in [-0.1, -0.05) is 20.8 Å². The average molecular weight is 346 g/mol. The Kier molecular flexibility index (Phi) is 7.23. The number of nitrogens with one attached hydrogen (secondary N) is 1. The number of aryl methyl sites for hydroxylation is 1. The summed E-state index contributed by atoms with van der Waals surface area (Å²) in [5.74, 6) is 0.395. The van der Waals surface area contributed by atoms with Gasteiger partial charge >= 0.3 is 0 Å². The molecule has 0 saturated heterocycles. The summed E-state index contributed by atoms with van der Waals surface area (Å²) in [6, 6.07) is 0.148. The molecule has 6 heteroatoms. The van der Waals surface area contributed by atoms with Gasteiger partial charge < -0.3 is 10.1 Å². The first-order valence-electron chi connectivity index (χ1n) is 7.11. The second kappa shape index (κ2) is 8.42. The van der Waals surface area contributed by atoms with Crippen LogP contribution in [0.15, 0.2) is 15.5 Å². The van der Waals surface area contributed by atoms with E-state index in [1.807, 2.05) is 13.8 Å². The zero-order valence-electron chi connectivity index (χ0n) is 12.6. The molecule has 0 aliphatic heterocycles. The number of halogens is 1. The summed E-state index contributed by atoms with van der Waals surface area (Å²) >= 11 is 3.37. The third kappa shape index (κ3) is 4.59. The highest BCUT2D eigenvalue weighted by atomic mass is 79.9. The van der Waals surface area contributed by atoms with Crippen molar-refractivity contribution < 1.29 is 4.74 Å². The maximum Gasteiger partial charge on any atom is 0.283 e. The Hall–Kier alpha value is -0.880. The van der Waals surface area contributed by atoms with Crippen molar-refractivity contribution in [2.45, 2.75) is 46.7 Å². The number of aromatic nitrogens is 2. The molecule has 0 fully saturated rings. The maximum atomic E-state index is 12.1. The van der Waals surface area contributed by atoms with Crippen molar-refractivity contribution >= 4 is 21.6 Å². The van der Waals surface area contributed by atoms with E-state index in [-0.39, 0.29) is 11.6 Å². The van der Waals surface area contributed by atoms with E-state index in [1.165, 1.54) is 4.68 Å². The lowest BCUT2D eigenvalue weighted by atomic mass is 10.1. The van der Waals surface area contributed by atoms with E-state index in [9.17, 15) is 4.79 Å². The molecule has 0 radical (unpaired) electrons. The first-order valence-corrected chi connectivity index (χ1v) is 7.90. The van der Waals surface area contributed by atoms with Gasteiger partial charge in [0.05, 0.1) is 24.5 Å². The first-order chi connectivity index (χ1) is 9.51. The van der Waals surface area contributed by atoms with Gasteiger partial charge in [-0.15, -0.1) is 0 Å². The summed E-state index contributed by atoms with van der Waals surface area (Å²) in [6.07, 6.45) is 2.58. The van der Waals surface area contributed by atoms with Gasteiger partial charge in [-0.25, -0.2) is 4.68 Å². The van der Waals surface area contributed by atoms with Crippen molar-refractivity contribution in [3.05, 3.63) is 21.0 Å². The summed E-state index contributed by atoms with van der Waals surface area (Å²) in [6.45, 7) is 10.2. The van der Waals surface area contributed by atoms with Gasteiger partial charge in [-0.2, -0.15) is 5.10 Å². The minimum Gasteiger partial charge on any atom is -0.380 e. The summed E-state index contributed by atoms with van der Waals surface area (Å²) in [7, 11) is 0. The van der Waals surface area contributed by atoms with Gasteiger partial charge in [0, 0.05) is 13.2 Å². The smallest absolute Gasteiger partial charge is 0.283 e. The van der Waals surface area contributed by atoms with Crippen LogP contribution in [-0.2, 0) is 11.3 Å². The maximum absolute atomic E-state index is 12.1. The summed E-state index contributed by atoms with van der Waals surface area (Å²) in [4.78, 5) is 12.1. The van der Waals surface area contributed by atoms with Crippen molar-refractivity contribution in [2.24, 2.45) is 5.92 Å². The molecule has 0 amide bonds. The molecule has 114 valence electrons. The van der Waals surface area contributed by atoms with Crippen LogP contribution in [0.1, 0.15) is 34.1 Å². The molecule has 1 rings (SSSR count). The number of anilines is 1. The van der Waals surface area contributed by atoms with Crippen LogP contribution in [-0.4, -0.2) is 29.0 Å². The minimum atomic E-state index is -0.101. The van der Waals surface area contributed by atoms with E-state index in [2.05, 4.69) is 40.2 Å². The SMILES string of the molecule is CCCn1ncc(NC(COCC)C(C)C)c(Br)c1=O. The molecule has 1 unspecified atom stereocenters. The Labute approximate surface area is 128 Å². The van der Waals surface area contributed by atoms with Crippen molar-refractivity contribution in [2.75, 3.05) is 18.5 Å². The third-order valence-corrected chi connectivity index (χ3v) is 3.83. The van der Waals surface area contributed by atoms with Gasteiger partial charge in [-0.3, -0.25) is 4.79 Å². The van der Waals surface area contributed by atoms with Crippen LogP contribution in [0.4, 0.5) is 5.69 Å². The molecule has 5 nitrogen and oxygen atoms in total. The van der Waals surface area contributed by atoms with Gasteiger partial charge in [-0.05, 0) is 35.2 Å². The average Bonchev–Trinajstić information content (AvgIpc) is 2.42. The fourth-order valence-corrected chi connectivity index (χ4v) is 2.20. The Morgan fingerprint density at radius 2 is 2.15 bits per heavy atom. The van der Waals surface area contributed by atoms with Crippen molar-refractivity contribution in [1.29, 1.82) is 0 Å². The molecule has 0 spiro atoms. The highest BCUT2D eigenvalue weighted by Crippen LogP contribution is 2.19. The molecule has 0 aromatic carbocycles. The monoisotopic (exact) mass is 345 g/mol. The minimum absolute atomic E-state index is 0.101. The lowest BCUT2D eigenvalue weighted by Crippen LogP contribution is -2.33. The molecule has 0 saturated carbocycles. The lowest BCUT2D eigenvalue weighted by Gasteiger charge is -2.23. The Morgan fingerprint density at radius 1 is 1.45 bits per heavy atom. The molecule has 0 aliphatic rings. The molecular formula is C14H24BrN3O2. The number of ether oxygens (including phenoxy) is 1. The van der Waals surface area contributed by atoms with Gasteiger partial charge in [0.1, 0.15) is 4.47 Å². The highest BCUT2D eigenvalue weighted by molar-refractivity contribution is 9.10. The fraction of sp³-hybridized carbons (Fsp3) is 0.714. The highest BCUT2D eigenvalue weighted by Gasteiger charge is 2.16. The van der Waals surface area contributed by atoms with E-state index in [0.717, 1.165) is 12.1 Å². The largest absolute Gasteiger partial charge is 0.380 e. The number of rotatable bonds is 8. The summed E-state index contributed by atoms with van der Waals surface area (Å²) in [5, 5.41) is 7.54. The Morgan fingerprint density at radius 3 is 2.70 bits per heavy atom. The number of hydrogen-bond acceptors (Lipinski definition) is 4. The molecule has 1 N–H and O–H groups in total. The van der Waals surface area contributed by atoms with E-state index in [0.29, 0.717) is 30.1 Å². The van der Waals surface area contributed by atoms with E-state index in [4.69, 9.17) is 4.74 Å². The summed E-state index contributed by atoms with van der Waals surface area (Å²) in [5.41, 5.74) is 0.622. The predicted molar refractivity (Wildman–Crippen MR) is 85.2 cm³/mol. The van der Waals surface area contributed by atoms with Crippen LogP contribution < -0.4 is 10.9 Å². The standard InChI is InChI=1S/C14H24BrN3O2/c1-5-7-18-14(19)13(15)11(8-16-18)17-12(10(3)4)9-20-6-2/h8,10,12,17H,5-7,9H2,1-4H3. The van der Waals surface area contributed by atoms with Gasteiger partial charge in [0.25, 0.3) is 5.56 Å². The second-order valence-corrected chi connectivity index (χ2v) is 5.85. The number of hydrogen-bond donors (Lipinski definition) is 1. The zero-order valence-corrected chi connectivity index (χ0v) is 14.2. The van der Waals surface area contributed by atoms with Crippen LogP contribution in [0.25, 0.3) is 0 Å². The molecular weight excluding hydrogens is 322 g/mol. The van der Waals surface area contributed by atoms with Crippen LogP contribution in [0.2, 0.25) is 0 Å². The second-order valence-electron chi connectivity index (χ2n) is 5.05. The van der Waals surface area contributed by atoms with Gasteiger partial charge in [0.2, 0.25) is 0 Å². The van der Waals surface area contributed by atoms with E-state index in [1.54, 1.807) is 6.20 Å². The van der Waals surface area contributed by atoms with E-state index < -0.39 is 0 Å². The van der Waals surface area contributed by atoms with Crippen LogP contribution in [0.5, 0.6) is 0 Å². The normalized spacial score (nSPS) is 12.7. The zero-order chi connectivity index (χ0) is 15.1. The molecule has 0 aliphatic carbocycles. The quantitative estimate of drug-likeness (QED) is 0.786. The molecule has 1 aromatic heterocycles. The van der Waals surface area contributed by atoms with Crippen LogP contribution in [0.3, 0.4) is 0 Å². The molecule has 0 bridgehead atoms. The van der Waals surface area contributed by atoms with Crippen molar-refractivity contribution in [3.63, 3.8) is 0 Å². The van der Waals surface area contributed by atoms with Crippen LogP contribution >= 0.6 is 15.9 Å². The fourth-order valence-electron chi connectivity index (χ4n) is 1.78. The molecule has 20 heavy (non-hydrogen) atoms. The molecule has 1 atom stereocenters. The predicted octanol–water partition coefficient (Wildman–Crippen LogP) is 2.89. The number of nitrogens with zero attached hydrogens (tertiary/aromatic N) is 2. The lowest BCUT2D eigenvalue weighted by molar-refractivity contribution is 0.127. The Bertz CT molecular complexity index is 474. The van der Waals surface area contributed by atoms with Crippen molar-refractivity contribution in [3.8, 4) is 0 Å².